The van der Waals surface area contributed by atoms with Crippen molar-refractivity contribution in [2.75, 3.05) is 26.3 Å². The highest BCUT2D eigenvalue weighted by Gasteiger charge is 2.48. The number of hydrogen-bond donors (Lipinski definition) is 2. The molecule has 4 nitrogen and oxygen atoms in total. The van der Waals surface area contributed by atoms with Crippen LogP contribution in [0.4, 0.5) is 0 Å². The van der Waals surface area contributed by atoms with Crippen LogP contribution in [0.2, 0.25) is 0 Å². The van der Waals surface area contributed by atoms with E-state index in [-0.39, 0.29) is 11.4 Å². The summed E-state index contributed by atoms with van der Waals surface area (Å²) in [5.41, 5.74) is -0.199. The Balaban J connectivity index is 2.12. The molecule has 1 amide bonds. The van der Waals surface area contributed by atoms with Crippen molar-refractivity contribution in [1.29, 1.82) is 0 Å². The molecular weight excluding hydrogens is 190 g/mol. The van der Waals surface area contributed by atoms with E-state index in [1.807, 2.05) is 0 Å². The van der Waals surface area contributed by atoms with Gasteiger partial charge in [-0.3, -0.25) is 9.69 Å². The molecule has 2 rings (SSSR count). The van der Waals surface area contributed by atoms with Crippen LogP contribution in [0.1, 0.15) is 26.7 Å². The molecule has 2 N–H and O–H groups in total. The van der Waals surface area contributed by atoms with Crippen LogP contribution in [0.15, 0.2) is 0 Å². The maximum atomic E-state index is 12.0. The van der Waals surface area contributed by atoms with Crippen LogP contribution in [-0.4, -0.2) is 42.6 Å². The molecule has 0 radical (unpaired) electrons. The van der Waals surface area contributed by atoms with Gasteiger partial charge in [0.25, 0.3) is 0 Å². The third-order valence-corrected chi connectivity index (χ3v) is 3.47. The van der Waals surface area contributed by atoms with Gasteiger partial charge in [0.1, 0.15) is 5.54 Å². The molecule has 0 aromatic heterocycles. The van der Waals surface area contributed by atoms with Crippen molar-refractivity contribution in [3.63, 3.8) is 0 Å². The number of piperidine rings is 1. The van der Waals surface area contributed by atoms with E-state index in [4.69, 9.17) is 0 Å². The predicted octanol–water partition coefficient (Wildman–Crippen LogP) is 0.154. The van der Waals surface area contributed by atoms with E-state index in [0.29, 0.717) is 5.92 Å². The molecule has 1 spiro atoms. The maximum absolute atomic E-state index is 12.0. The summed E-state index contributed by atoms with van der Waals surface area (Å²) < 4.78 is 0. The van der Waals surface area contributed by atoms with Crippen molar-refractivity contribution >= 4 is 5.91 Å². The summed E-state index contributed by atoms with van der Waals surface area (Å²) in [6.07, 6.45) is 1.90. The standard InChI is InChI=1S/C11H21N3O/c1-9(2)7-14-8-13-10(15)11(14)3-5-12-6-4-11/h9,12H,3-8H2,1-2H3,(H,13,15). The largest absolute Gasteiger partial charge is 0.342 e. The van der Waals surface area contributed by atoms with E-state index in [1.165, 1.54) is 0 Å². The van der Waals surface area contributed by atoms with Gasteiger partial charge in [-0.05, 0) is 31.8 Å². The fourth-order valence-electron chi connectivity index (χ4n) is 2.69. The molecule has 2 aliphatic heterocycles. The summed E-state index contributed by atoms with van der Waals surface area (Å²) >= 11 is 0. The minimum absolute atomic E-state index is 0.199. The average Bonchev–Trinajstić information content (AvgIpc) is 2.48. The Labute approximate surface area is 91.4 Å². The first-order valence-corrected chi connectivity index (χ1v) is 5.89. The molecule has 15 heavy (non-hydrogen) atoms. The second kappa shape index (κ2) is 4.10. The van der Waals surface area contributed by atoms with Crippen LogP contribution >= 0.6 is 0 Å². The van der Waals surface area contributed by atoms with Crippen LogP contribution in [0.5, 0.6) is 0 Å². The predicted molar refractivity (Wildman–Crippen MR) is 59.4 cm³/mol. The van der Waals surface area contributed by atoms with Gasteiger partial charge in [0.2, 0.25) is 5.91 Å². The Bertz CT molecular complexity index is 246. The van der Waals surface area contributed by atoms with Gasteiger partial charge in [-0.2, -0.15) is 0 Å². The van der Waals surface area contributed by atoms with Gasteiger partial charge in [-0.15, -0.1) is 0 Å². The zero-order chi connectivity index (χ0) is 10.9. The van der Waals surface area contributed by atoms with E-state index in [1.54, 1.807) is 0 Å². The minimum atomic E-state index is -0.199. The number of rotatable bonds is 2. The molecule has 4 heteroatoms. The second-order valence-corrected chi connectivity index (χ2v) is 5.06. The lowest BCUT2D eigenvalue weighted by Crippen LogP contribution is -2.55. The summed E-state index contributed by atoms with van der Waals surface area (Å²) in [6, 6.07) is 0. The van der Waals surface area contributed by atoms with Crippen molar-refractivity contribution in [2.45, 2.75) is 32.2 Å². The molecule has 0 aromatic rings. The highest BCUT2D eigenvalue weighted by atomic mass is 16.2. The maximum Gasteiger partial charge on any atom is 0.241 e. The number of hydrogen-bond acceptors (Lipinski definition) is 3. The Morgan fingerprint density at radius 2 is 2.07 bits per heavy atom. The summed E-state index contributed by atoms with van der Waals surface area (Å²) in [5, 5.41) is 6.32. The molecule has 0 saturated carbocycles. The summed E-state index contributed by atoms with van der Waals surface area (Å²) in [5.74, 6) is 0.856. The van der Waals surface area contributed by atoms with Gasteiger partial charge in [-0.1, -0.05) is 13.8 Å². The Morgan fingerprint density at radius 3 is 2.67 bits per heavy atom. The third kappa shape index (κ3) is 1.88. The molecule has 0 bridgehead atoms. The van der Waals surface area contributed by atoms with Crippen molar-refractivity contribution in [3.05, 3.63) is 0 Å². The van der Waals surface area contributed by atoms with E-state index in [9.17, 15) is 4.79 Å². The number of nitrogens with zero attached hydrogens (tertiary/aromatic N) is 1. The van der Waals surface area contributed by atoms with Gasteiger partial charge < -0.3 is 10.6 Å². The Morgan fingerprint density at radius 1 is 1.40 bits per heavy atom. The number of carbonyl (C=O) groups excluding carboxylic acids is 1. The summed E-state index contributed by atoms with van der Waals surface area (Å²) in [4.78, 5) is 14.3. The van der Waals surface area contributed by atoms with Crippen molar-refractivity contribution in [3.8, 4) is 0 Å². The molecule has 2 fully saturated rings. The zero-order valence-electron chi connectivity index (χ0n) is 9.68. The van der Waals surface area contributed by atoms with Gasteiger partial charge in [0, 0.05) is 6.54 Å². The first-order chi connectivity index (χ1) is 7.15. The highest BCUT2D eigenvalue weighted by Crippen LogP contribution is 2.30. The lowest BCUT2D eigenvalue weighted by atomic mass is 9.86. The molecular formula is C11H21N3O. The minimum Gasteiger partial charge on any atom is -0.342 e. The van der Waals surface area contributed by atoms with Gasteiger partial charge in [0.05, 0.1) is 6.67 Å². The Hall–Kier alpha value is -0.610. The first-order valence-electron chi connectivity index (χ1n) is 5.89. The molecule has 2 saturated heterocycles. The average molecular weight is 211 g/mol. The lowest BCUT2D eigenvalue weighted by Gasteiger charge is -2.39. The van der Waals surface area contributed by atoms with Crippen LogP contribution in [0.25, 0.3) is 0 Å². The van der Waals surface area contributed by atoms with Crippen LogP contribution in [0, 0.1) is 5.92 Å². The molecule has 2 aliphatic rings. The topological polar surface area (TPSA) is 44.4 Å². The molecule has 2 heterocycles. The molecule has 0 aliphatic carbocycles. The molecule has 0 aromatic carbocycles. The monoisotopic (exact) mass is 211 g/mol. The molecule has 0 atom stereocenters. The SMILES string of the molecule is CC(C)CN1CNC(=O)C12CCNCC2. The third-order valence-electron chi connectivity index (χ3n) is 3.47. The summed E-state index contributed by atoms with van der Waals surface area (Å²) in [7, 11) is 0. The van der Waals surface area contributed by atoms with E-state index in [2.05, 4.69) is 29.4 Å². The summed E-state index contributed by atoms with van der Waals surface area (Å²) in [6.45, 7) is 8.08. The molecule has 0 unspecified atom stereocenters. The van der Waals surface area contributed by atoms with Crippen LogP contribution in [-0.2, 0) is 4.79 Å². The Kier molecular flexibility index (Phi) is 2.98. The molecule has 86 valence electrons. The van der Waals surface area contributed by atoms with E-state index >= 15 is 0 Å². The van der Waals surface area contributed by atoms with E-state index in [0.717, 1.165) is 39.1 Å². The highest BCUT2D eigenvalue weighted by molar-refractivity contribution is 5.88. The fraction of sp³-hybridized carbons (Fsp3) is 0.909. The van der Waals surface area contributed by atoms with Gasteiger partial charge in [0.15, 0.2) is 0 Å². The van der Waals surface area contributed by atoms with Gasteiger partial charge in [-0.25, -0.2) is 0 Å². The normalized spacial score (nSPS) is 26.2. The van der Waals surface area contributed by atoms with Gasteiger partial charge >= 0.3 is 0 Å². The van der Waals surface area contributed by atoms with E-state index < -0.39 is 0 Å². The van der Waals surface area contributed by atoms with Crippen LogP contribution < -0.4 is 10.6 Å². The number of nitrogens with one attached hydrogen (secondary N) is 2. The smallest absolute Gasteiger partial charge is 0.241 e. The van der Waals surface area contributed by atoms with Crippen LogP contribution in [0.3, 0.4) is 0 Å². The second-order valence-electron chi connectivity index (χ2n) is 5.06. The quantitative estimate of drug-likeness (QED) is 0.683. The number of amides is 1. The zero-order valence-corrected chi connectivity index (χ0v) is 9.68. The fourth-order valence-corrected chi connectivity index (χ4v) is 2.69. The van der Waals surface area contributed by atoms with Crippen molar-refractivity contribution in [1.82, 2.24) is 15.5 Å². The number of carbonyl (C=O) groups is 1. The van der Waals surface area contributed by atoms with Crippen molar-refractivity contribution < 1.29 is 4.79 Å². The lowest BCUT2D eigenvalue weighted by molar-refractivity contribution is -0.128. The van der Waals surface area contributed by atoms with Crippen molar-refractivity contribution in [2.24, 2.45) is 5.92 Å². The first kappa shape index (κ1) is 10.9.